The zero-order valence-electron chi connectivity index (χ0n) is 9.94. The van der Waals surface area contributed by atoms with Crippen LogP contribution in [0.5, 0.6) is 0 Å². The van der Waals surface area contributed by atoms with Gasteiger partial charge in [0.1, 0.15) is 0 Å². The standard InChI is InChI=1S/C12H14ClN3OS/c1-8(18-12-14-6-7-15-12)11(17)16-10-4-2-9(13)3-5-10/h2-5,8H,6-7H2,1H3,(H,14,15)(H,16,17). The number of carbonyl (C=O) groups is 1. The van der Waals surface area contributed by atoms with Gasteiger partial charge in [-0.2, -0.15) is 0 Å². The summed E-state index contributed by atoms with van der Waals surface area (Å²) in [5.74, 6) is -0.0428. The van der Waals surface area contributed by atoms with E-state index in [9.17, 15) is 4.79 Å². The topological polar surface area (TPSA) is 53.5 Å². The number of carbonyl (C=O) groups excluding carboxylic acids is 1. The number of halogens is 1. The molecule has 4 nitrogen and oxygen atoms in total. The molecule has 2 N–H and O–H groups in total. The first-order chi connectivity index (χ1) is 8.65. The molecule has 0 aromatic heterocycles. The first-order valence-corrected chi connectivity index (χ1v) is 6.92. The SMILES string of the molecule is CC(SC1=NCCN1)C(=O)Nc1ccc(Cl)cc1. The molecule has 1 amide bonds. The van der Waals surface area contributed by atoms with Gasteiger partial charge in [0.25, 0.3) is 0 Å². The maximum atomic E-state index is 11.9. The van der Waals surface area contributed by atoms with E-state index in [1.807, 2.05) is 6.92 Å². The maximum absolute atomic E-state index is 11.9. The molecule has 96 valence electrons. The minimum atomic E-state index is -0.190. The van der Waals surface area contributed by atoms with Crippen LogP contribution in [0.25, 0.3) is 0 Å². The minimum absolute atomic E-state index is 0.0428. The predicted molar refractivity (Wildman–Crippen MR) is 77.4 cm³/mol. The highest BCUT2D eigenvalue weighted by Crippen LogP contribution is 2.17. The molecule has 0 saturated carbocycles. The van der Waals surface area contributed by atoms with Crippen molar-refractivity contribution in [3.8, 4) is 0 Å². The predicted octanol–water partition coefficient (Wildman–Crippen LogP) is 2.36. The Kier molecular flexibility index (Phi) is 4.49. The van der Waals surface area contributed by atoms with Gasteiger partial charge in [-0.1, -0.05) is 23.4 Å². The number of nitrogens with zero attached hydrogens (tertiary/aromatic N) is 1. The summed E-state index contributed by atoms with van der Waals surface area (Å²) in [6, 6.07) is 7.06. The summed E-state index contributed by atoms with van der Waals surface area (Å²) >= 11 is 7.22. The summed E-state index contributed by atoms with van der Waals surface area (Å²) in [5.41, 5.74) is 0.748. The molecule has 1 unspecified atom stereocenters. The number of thioether (sulfide) groups is 1. The third kappa shape index (κ3) is 3.65. The molecule has 1 heterocycles. The first kappa shape index (κ1) is 13.2. The van der Waals surface area contributed by atoms with Crippen molar-refractivity contribution in [3.05, 3.63) is 29.3 Å². The van der Waals surface area contributed by atoms with Gasteiger partial charge < -0.3 is 10.6 Å². The van der Waals surface area contributed by atoms with Crippen LogP contribution in [0.1, 0.15) is 6.92 Å². The molecule has 0 bridgehead atoms. The lowest BCUT2D eigenvalue weighted by Crippen LogP contribution is -2.26. The smallest absolute Gasteiger partial charge is 0.237 e. The zero-order valence-corrected chi connectivity index (χ0v) is 11.5. The number of benzene rings is 1. The Morgan fingerprint density at radius 3 is 2.83 bits per heavy atom. The van der Waals surface area contributed by atoms with E-state index in [2.05, 4.69) is 15.6 Å². The van der Waals surface area contributed by atoms with E-state index in [0.29, 0.717) is 5.02 Å². The molecule has 18 heavy (non-hydrogen) atoms. The molecule has 0 radical (unpaired) electrons. The molecule has 1 aromatic rings. The van der Waals surface area contributed by atoms with Crippen LogP contribution in [-0.2, 0) is 4.79 Å². The van der Waals surface area contributed by atoms with Gasteiger partial charge in [-0.15, -0.1) is 0 Å². The number of hydrogen-bond acceptors (Lipinski definition) is 4. The molecule has 1 aliphatic heterocycles. The van der Waals surface area contributed by atoms with E-state index < -0.39 is 0 Å². The van der Waals surface area contributed by atoms with Crippen LogP contribution in [0.2, 0.25) is 5.02 Å². The van der Waals surface area contributed by atoms with Crippen molar-refractivity contribution >= 4 is 40.1 Å². The number of anilines is 1. The second-order valence-corrected chi connectivity index (χ2v) is 5.64. The highest BCUT2D eigenvalue weighted by Gasteiger charge is 2.18. The van der Waals surface area contributed by atoms with Gasteiger partial charge in [-0.25, -0.2) is 0 Å². The molecular weight excluding hydrogens is 270 g/mol. The highest BCUT2D eigenvalue weighted by atomic mass is 35.5. The molecule has 0 spiro atoms. The van der Waals surface area contributed by atoms with Crippen molar-refractivity contribution in [2.45, 2.75) is 12.2 Å². The normalized spacial score (nSPS) is 15.8. The van der Waals surface area contributed by atoms with Gasteiger partial charge in [-0.3, -0.25) is 9.79 Å². The lowest BCUT2D eigenvalue weighted by atomic mass is 10.3. The minimum Gasteiger partial charge on any atom is -0.363 e. The Hall–Kier alpha value is -1.20. The van der Waals surface area contributed by atoms with Crippen molar-refractivity contribution in [2.24, 2.45) is 4.99 Å². The number of aliphatic imine (C=N–C) groups is 1. The van der Waals surface area contributed by atoms with Gasteiger partial charge in [0.05, 0.1) is 11.8 Å². The molecule has 0 aliphatic carbocycles. The Labute approximate surface area is 115 Å². The molecule has 1 aromatic carbocycles. The van der Waals surface area contributed by atoms with Crippen LogP contribution in [0.15, 0.2) is 29.3 Å². The third-order valence-electron chi connectivity index (χ3n) is 2.41. The Bertz CT molecular complexity index is 461. The summed E-state index contributed by atoms with van der Waals surface area (Å²) in [6.07, 6.45) is 0. The zero-order chi connectivity index (χ0) is 13.0. The van der Waals surface area contributed by atoms with Gasteiger partial charge >= 0.3 is 0 Å². The van der Waals surface area contributed by atoms with Crippen molar-refractivity contribution in [3.63, 3.8) is 0 Å². The Balaban J connectivity index is 1.88. The van der Waals surface area contributed by atoms with Crippen LogP contribution in [0.3, 0.4) is 0 Å². The number of amidine groups is 1. The van der Waals surface area contributed by atoms with Crippen LogP contribution >= 0.6 is 23.4 Å². The molecule has 0 saturated heterocycles. The van der Waals surface area contributed by atoms with Gasteiger partial charge in [-0.05, 0) is 31.2 Å². The number of amides is 1. The summed E-state index contributed by atoms with van der Waals surface area (Å²) in [5, 5.41) is 7.28. The summed E-state index contributed by atoms with van der Waals surface area (Å²) in [7, 11) is 0. The first-order valence-electron chi connectivity index (χ1n) is 5.66. The lowest BCUT2D eigenvalue weighted by Gasteiger charge is -2.11. The number of nitrogens with one attached hydrogen (secondary N) is 2. The van der Waals surface area contributed by atoms with Crippen molar-refractivity contribution in [1.82, 2.24) is 5.32 Å². The van der Waals surface area contributed by atoms with E-state index in [0.717, 1.165) is 23.9 Å². The van der Waals surface area contributed by atoms with Crippen LogP contribution in [0, 0.1) is 0 Å². The van der Waals surface area contributed by atoms with E-state index in [-0.39, 0.29) is 11.2 Å². The largest absolute Gasteiger partial charge is 0.363 e. The summed E-state index contributed by atoms with van der Waals surface area (Å²) in [6.45, 7) is 3.50. The third-order valence-corrected chi connectivity index (χ3v) is 3.73. The number of rotatable bonds is 3. The fourth-order valence-electron chi connectivity index (χ4n) is 1.45. The fourth-order valence-corrected chi connectivity index (χ4v) is 2.43. The van der Waals surface area contributed by atoms with E-state index >= 15 is 0 Å². The summed E-state index contributed by atoms with van der Waals surface area (Å²) in [4.78, 5) is 16.2. The van der Waals surface area contributed by atoms with Crippen molar-refractivity contribution < 1.29 is 4.79 Å². The van der Waals surface area contributed by atoms with Gasteiger partial charge in [0.2, 0.25) is 5.91 Å². The highest BCUT2D eigenvalue weighted by molar-refractivity contribution is 8.14. The monoisotopic (exact) mass is 283 g/mol. The van der Waals surface area contributed by atoms with Crippen LogP contribution in [0.4, 0.5) is 5.69 Å². The lowest BCUT2D eigenvalue weighted by molar-refractivity contribution is -0.115. The fraction of sp³-hybridized carbons (Fsp3) is 0.333. The van der Waals surface area contributed by atoms with E-state index in [4.69, 9.17) is 11.6 Å². The van der Waals surface area contributed by atoms with Crippen LogP contribution in [-0.4, -0.2) is 29.4 Å². The van der Waals surface area contributed by atoms with Gasteiger partial charge in [0.15, 0.2) is 5.17 Å². The Morgan fingerprint density at radius 2 is 2.22 bits per heavy atom. The average molecular weight is 284 g/mol. The number of hydrogen-bond donors (Lipinski definition) is 2. The van der Waals surface area contributed by atoms with E-state index in [1.165, 1.54) is 11.8 Å². The van der Waals surface area contributed by atoms with E-state index in [1.54, 1.807) is 24.3 Å². The van der Waals surface area contributed by atoms with Crippen molar-refractivity contribution in [1.29, 1.82) is 0 Å². The molecule has 1 aliphatic rings. The molecule has 6 heteroatoms. The Morgan fingerprint density at radius 1 is 1.50 bits per heavy atom. The van der Waals surface area contributed by atoms with Gasteiger partial charge in [0, 0.05) is 17.3 Å². The average Bonchev–Trinajstić information content (AvgIpc) is 2.85. The molecule has 1 atom stereocenters. The maximum Gasteiger partial charge on any atom is 0.237 e. The molecule has 0 fully saturated rings. The van der Waals surface area contributed by atoms with Crippen LogP contribution < -0.4 is 10.6 Å². The second-order valence-electron chi connectivity index (χ2n) is 3.87. The summed E-state index contributed by atoms with van der Waals surface area (Å²) < 4.78 is 0. The van der Waals surface area contributed by atoms with Crippen molar-refractivity contribution in [2.75, 3.05) is 18.4 Å². The molecular formula is C12H14ClN3OS. The second kappa shape index (κ2) is 6.11. The quantitative estimate of drug-likeness (QED) is 0.895. The molecule has 2 rings (SSSR count).